The predicted octanol–water partition coefficient (Wildman–Crippen LogP) is 3.86. The Hall–Kier alpha value is -1.76. The second-order valence-electron chi connectivity index (χ2n) is 4.88. The van der Waals surface area contributed by atoms with Gasteiger partial charge in [-0.3, -0.25) is 4.79 Å². The average Bonchev–Trinajstić information content (AvgIpc) is 2.47. The summed E-state index contributed by atoms with van der Waals surface area (Å²) in [4.78, 5) is 12.1. The van der Waals surface area contributed by atoms with Gasteiger partial charge < -0.3 is 14.8 Å². The molecule has 4 nitrogen and oxygen atoms in total. The van der Waals surface area contributed by atoms with E-state index >= 15 is 0 Å². The van der Waals surface area contributed by atoms with Crippen molar-refractivity contribution in [2.45, 2.75) is 39.0 Å². The number of alkyl halides is 3. The second kappa shape index (κ2) is 7.00. The van der Waals surface area contributed by atoms with E-state index in [1.165, 1.54) is 19.2 Å². The first-order valence-electron chi connectivity index (χ1n) is 6.88. The third-order valence-corrected chi connectivity index (χ3v) is 3.45. The first-order chi connectivity index (χ1) is 10.2. The van der Waals surface area contributed by atoms with Crippen LogP contribution in [0.25, 0.3) is 0 Å². The molecule has 1 rings (SSSR count). The lowest BCUT2D eigenvalue weighted by atomic mass is 10.0. The topological polar surface area (TPSA) is 47.6 Å². The predicted molar refractivity (Wildman–Crippen MR) is 76.9 cm³/mol. The van der Waals surface area contributed by atoms with E-state index < -0.39 is 23.2 Å². The third kappa shape index (κ3) is 4.13. The summed E-state index contributed by atoms with van der Waals surface area (Å²) >= 11 is 0. The molecule has 1 atom stereocenters. The molecule has 1 aromatic rings. The summed E-state index contributed by atoms with van der Waals surface area (Å²) in [5.41, 5.74) is -1.99. The first kappa shape index (κ1) is 18.3. The van der Waals surface area contributed by atoms with E-state index in [0.717, 1.165) is 6.07 Å². The van der Waals surface area contributed by atoms with Crippen LogP contribution in [0.15, 0.2) is 18.2 Å². The summed E-state index contributed by atoms with van der Waals surface area (Å²) in [5.74, 6) is -0.771. The van der Waals surface area contributed by atoms with E-state index in [9.17, 15) is 18.0 Å². The number of anilines is 1. The monoisotopic (exact) mass is 319 g/mol. The van der Waals surface area contributed by atoms with E-state index in [1.54, 1.807) is 20.8 Å². The van der Waals surface area contributed by atoms with Crippen LogP contribution in [0.5, 0.6) is 5.75 Å². The van der Waals surface area contributed by atoms with E-state index in [1.807, 2.05) is 0 Å². The summed E-state index contributed by atoms with van der Waals surface area (Å²) in [5, 5.41) is 2.45. The highest BCUT2D eigenvalue weighted by molar-refractivity contribution is 5.97. The highest BCUT2D eigenvalue weighted by Crippen LogP contribution is 2.38. The van der Waals surface area contributed by atoms with Gasteiger partial charge in [0.2, 0.25) is 0 Å². The zero-order chi connectivity index (χ0) is 17.0. The van der Waals surface area contributed by atoms with Gasteiger partial charge >= 0.3 is 6.18 Å². The quantitative estimate of drug-likeness (QED) is 0.866. The Morgan fingerprint density at radius 3 is 2.36 bits per heavy atom. The molecule has 0 spiro atoms. The number of carbonyl (C=O) groups excluding carboxylic acids is 1. The van der Waals surface area contributed by atoms with Crippen LogP contribution in [0, 0.1) is 0 Å². The number of nitrogens with one attached hydrogen (secondary N) is 1. The maximum Gasteiger partial charge on any atom is 0.420 e. The molecule has 0 bridgehead atoms. The van der Waals surface area contributed by atoms with Gasteiger partial charge in [0.05, 0.1) is 12.2 Å². The lowest BCUT2D eigenvalue weighted by Crippen LogP contribution is -2.41. The molecule has 0 saturated heterocycles. The van der Waals surface area contributed by atoms with Crippen molar-refractivity contribution in [1.29, 1.82) is 0 Å². The maximum absolute atomic E-state index is 13.0. The van der Waals surface area contributed by atoms with Crippen molar-refractivity contribution in [3.05, 3.63) is 23.8 Å². The van der Waals surface area contributed by atoms with E-state index in [2.05, 4.69) is 5.32 Å². The first-order valence-corrected chi connectivity index (χ1v) is 6.88. The molecule has 1 N–H and O–H groups in total. The summed E-state index contributed by atoms with van der Waals surface area (Å²) in [6.45, 7) is 5.04. The Bertz CT molecular complexity index is 525. The maximum atomic E-state index is 13.0. The van der Waals surface area contributed by atoms with Crippen LogP contribution in [0.2, 0.25) is 0 Å². The summed E-state index contributed by atoms with van der Waals surface area (Å²) in [7, 11) is 1.38. The highest BCUT2D eigenvalue weighted by atomic mass is 19.4. The van der Waals surface area contributed by atoms with Crippen molar-refractivity contribution < 1.29 is 27.4 Å². The number of hydrogen-bond acceptors (Lipinski definition) is 3. The Balaban J connectivity index is 3.10. The van der Waals surface area contributed by atoms with Gasteiger partial charge in [-0.2, -0.15) is 13.2 Å². The molecular weight excluding hydrogens is 299 g/mol. The number of ether oxygens (including phenoxy) is 2. The smallest absolute Gasteiger partial charge is 0.420 e. The lowest BCUT2D eigenvalue weighted by Gasteiger charge is -2.25. The molecule has 0 aliphatic rings. The molecule has 0 heterocycles. The van der Waals surface area contributed by atoms with E-state index in [4.69, 9.17) is 9.47 Å². The fourth-order valence-corrected chi connectivity index (χ4v) is 1.77. The highest BCUT2D eigenvalue weighted by Gasteiger charge is 2.36. The minimum Gasteiger partial charge on any atom is -0.493 e. The molecule has 0 aliphatic heterocycles. The van der Waals surface area contributed by atoms with Crippen LogP contribution in [0.3, 0.4) is 0 Å². The molecule has 0 aromatic heterocycles. The van der Waals surface area contributed by atoms with Crippen molar-refractivity contribution in [1.82, 2.24) is 0 Å². The van der Waals surface area contributed by atoms with Gasteiger partial charge in [-0.25, -0.2) is 0 Å². The van der Waals surface area contributed by atoms with Gasteiger partial charge in [0, 0.05) is 12.8 Å². The number of methoxy groups -OCH3 is 1. The molecule has 22 heavy (non-hydrogen) atoms. The molecule has 1 amide bonds. The third-order valence-electron chi connectivity index (χ3n) is 3.45. The molecular formula is C15H20F3NO3. The minimum absolute atomic E-state index is 0.0394. The Morgan fingerprint density at radius 2 is 1.91 bits per heavy atom. The minimum atomic E-state index is -4.57. The summed E-state index contributed by atoms with van der Waals surface area (Å²) < 4.78 is 49.2. The van der Waals surface area contributed by atoms with Crippen molar-refractivity contribution in [2.24, 2.45) is 0 Å². The molecule has 124 valence electrons. The molecule has 0 aliphatic carbocycles. The molecule has 1 aromatic carbocycles. The van der Waals surface area contributed by atoms with Gasteiger partial charge in [-0.1, -0.05) is 6.92 Å². The van der Waals surface area contributed by atoms with Gasteiger partial charge in [0.15, 0.2) is 0 Å². The van der Waals surface area contributed by atoms with Crippen LogP contribution in [0.1, 0.15) is 32.8 Å². The Kier molecular flexibility index (Phi) is 5.82. The van der Waals surface area contributed by atoms with Crippen molar-refractivity contribution in [3.8, 4) is 5.75 Å². The fourth-order valence-electron chi connectivity index (χ4n) is 1.77. The number of benzene rings is 1. The van der Waals surface area contributed by atoms with Crippen LogP contribution in [-0.2, 0) is 15.7 Å². The van der Waals surface area contributed by atoms with Crippen molar-refractivity contribution in [3.63, 3.8) is 0 Å². The number of amides is 1. The number of hydrogen-bond donors (Lipinski definition) is 1. The Labute approximate surface area is 127 Å². The van der Waals surface area contributed by atoms with Crippen molar-refractivity contribution in [2.75, 3.05) is 19.0 Å². The second-order valence-corrected chi connectivity index (χ2v) is 4.88. The van der Waals surface area contributed by atoms with E-state index in [-0.39, 0.29) is 18.0 Å². The normalized spacial score (nSPS) is 14.3. The van der Waals surface area contributed by atoms with Crippen LogP contribution in [0.4, 0.5) is 18.9 Å². The molecule has 7 heteroatoms. The molecule has 0 unspecified atom stereocenters. The Morgan fingerprint density at radius 1 is 1.27 bits per heavy atom. The lowest BCUT2D eigenvalue weighted by molar-refractivity contribution is -0.139. The van der Waals surface area contributed by atoms with Gasteiger partial charge in [0.1, 0.15) is 11.4 Å². The molecule has 0 fully saturated rings. The standard InChI is InChI=1S/C15H20F3NO3/c1-5-14(3,21-4)13(20)19-10-7-8-12(22-6-2)11(9-10)15(16,17)18/h7-9H,5-6H2,1-4H3,(H,19,20)/t14-/m0/s1. The average molecular weight is 319 g/mol. The zero-order valence-electron chi connectivity index (χ0n) is 13.0. The van der Waals surface area contributed by atoms with Crippen LogP contribution >= 0.6 is 0 Å². The zero-order valence-corrected chi connectivity index (χ0v) is 13.0. The van der Waals surface area contributed by atoms with Gasteiger partial charge in [-0.15, -0.1) is 0 Å². The van der Waals surface area contributed by atoms with Crippen LogP contribution in [-0.4, -0.2) is 25.2 Å². The SMILES string of the molecule is CCOc1ccc(NC(=O)[C@](C)(CC)OC)cc1C(F)(F)F. The van der Waals surface area contributed by atoms with Crippen molar-refractivity contribution >= 4 is 11.6 Å². The van der Waals surface area contributed by atoms with Gasteiger partial charge in [0.25, 0.3) is 5.91 Å². The molecule has 0 saturated carbocycles. The largest absolute Gasteiger partial charge is 0.493 e. The van der Waals surface area contributed by atoms with Gasteiger partial charge in [-0.05, 0) is 38.5 Å². The molecule has 0 radical (unpaired) electrons. The van der Waals surface area contributed by atoms with E-state index in [0.29, 0.717) is 6.42 Å². The summed E-state index contributed by atoms with van der Waals surface area (Å²) in [6.07, 6.45) is -4.18. The van der Waals surface area contributed by atoms with Crippen LogP contribution < -0.4 is 10.1 Å². The number of rotatable bonds is 6. The number of halogens is 3. The fraction of sp³-hybridized carbons (Fsp3) is 0.533. The number of carbonyl (C=O) groups is 1. The summed E-state index contributed by atoms with van der Waals surface area (Å²) in [6, 6.07) is 3.41.